The molecule has 2 aliphatic rings. The summed E-state index contributed by atoms with van der Waals surface area (Å²) in [5, 5.41) is 4.12. The molecule has 79 valence electrons. The third kappa shape index (κ3) is 2.89. The lowest BCUT2D eigenvalue weighted by Gasteiger charge is -2.25. The summed E-state index contributed by atoms with van der Waals surface area (Å²) in [5.41, 5.74) is 0. The summed E-state index contributed by atoms with van der Waals surface area (Å²) in [6.07, 6.45) is 7.42. The van der Waals surface area contributed by atoms with Crippen LogP contribution in [0.1, 0.15) is 38.5 Å². The summed E-state index contributed by atoms with van der Waals surface area (Å²) in [6.45, 7) is 2.59. The summed E-state index contributed by atoms with van der Waals surface area (Å²) in [5.74, 6) is 0.882. The lowest BCUT2D eigenvalue weighted by Crippen LogP contribution is -2.39. The van der Waals surface area contributed by atoms with Crippen LogP contribution < -0.4 is 5.32 Å². The van der Waals surface area contributed by atoms with Crippen molar-refractivity contribution in [1.29, 1.82) is 0 Å². The number of likely N-dealkylation sites (tertiary alicyclic amines) is 1. The molecule has 0 N–H and O–H groups in total. The Labute approximate surface area is 85.8 Å². The van der Waals surface area contributed by atoms with Crippen LogP contribution in [-0.4, -0.2) is 30.6 Å². The molecule has 1 aliphatic heterocycles. The molecule has 0 unspecified atom stereocenters. The normalized spacial score (nSPS) is 22.1. The van der Waals surface area contributed by atoms with Crippen molar-refractivity contribution in [2.45, 2.75) is 38.5 Å². The number of carbonyl (C=O) groups is 1. The number of piperidine rings is 1. The fourth-order valence-corrected chi connectivity index (χ4v) is 1.93. The van der Waals surface area contributed by atoms with Crippen LogP contribution in [0.2, 0.25) is 0 Å². The zero-order valence-electron chi connectivity index (χ0n) is 8.74. The first-order valence-corrected chi connectivity index (χ1v) is 5.82. The minimum absolute atomic E-state index is 0.0327. The Bertz CT molecular complexity index is 195. The molecule has 14 heavy (non-hydrogen) atoms. The van der Waals surface area contributed by atoms with E-state index in [1.807, 2.05) is 4.90 Å². The van der Waals surface area contributed by atoms with Crippen molar-refractivity contribution in [3.05, 3.63) is 0 Å². The van der Waals surface area contributed by atoms with Gasteiger partial charge < -0.3 is 4.90 Å². The molecule has 3 heteroatoms. The van der Waals surface area contributed by atoms with Gasteiger partial charge in [0.1, 0.15) is 0 Å². The summed E-state index contributed by atoms with van der Waals surface area (Å²) < 4.78 is 0. The van der Waals surface area contributed by atoms with Crippen LogP contribution >= 0.6 is 0 Å². The average Bonchev–Trinajstić information content (AvgIpc) is 3.03. The highest BCUT2D eigenvalue weighted by molar-refractivity contribution is 5.73. The van der Waals surface area contributed by atoms with E-state index in [9.17, 15) is 4.79 Å². The van der Waals surface area contributed by atoms with Crippen molar-refractivity contribution in [2.75, 3.05) is 19.6 Å². The van der Waals surface area contributed by atoms with E-state index >= 15 is 0 Å². The molecule has 3 nitrogen and oxygen atoms in total. The molecule has 2 fully saturated rings. The Morgan fingerprint density at radius 1 is 1.21 bits per heavy atom. The molecule has 0 bridgehead atoms. The van der Waals surface area contributed by atoms with Crippen LogP contribution in [0.5, 0.6) is 0 Å². The molecule has 1 saturated carbocycles. The summed E-state index contributed by atoms with van der Waals surface area (Å²) >= 11 is 0. The van der Waals surface area contributed by atoms with Crippen molar-refractivity contribution in [1.82, 2.24) is 10.2 Å². The van der Waals surface area contributed by atoms with Crippen LogP contribution in [0, 0.1) is 5.92 Å². The van der Waals surface area contributed by atoms with Gasteiger partial charge in [-0.15, -0.1) is 0 Å². The first-order valence-electron chi connectivity index (χ1n) is 5.82. The second kappa shape index (κ2) is 4.67. The highest BCUT2D eigenvalue weighted by Crippen LogP contribution is 2.31. The van der Waals surface area contributed by atoms with Gasteiger partial charge in [0.05, 0.1) is 0 Å². The molecule has 1 saturated heterocycles. The molecule has 0 aromatic carbocycles. The van der Waals surface area contributed by atoms with Crippen LogP contribution in [0.25, 0.3) is 0 Å². The number of rotatable bonds is 3. The number of hydrogen-bond donors (Lipinski definition) is 0. The lowest BCUT2D eigenvalue weighted by atomic mass is 10.1. The second-order valence-electron chi connectivity index (χ2n) is 4.44. The molecule has 0 spiro atoms. The molecule has 1 aliphatic carbocycles. The highest BCUT2D eigenvalue weighted by Gasteiger charge is 2.22. The van der Waals surface area contributed by atoms with Crippen molar-refractivity contribution >= 4 is 6.03 Å². The Morgan fingerprint density at radius 3 is 2.57 bits per heavy atom. The van der Waals surface area contributed by atoms with Crippen molar-refractivity contribution in [3.63, 3.8) is 0 Å². The Morgan fingerprint density at radius 2 is 1.93 bits per heavy atom. The zero-order valence-corrected chi connectivity index (χ0v) is 8.74. The fraction of sp³-hybridized carbons (Fsp3) is 0.909. The van der Waals surface area contributed by atoms with Gasteiger partial charge in [0.25, 0.3) is 0 Å². The van der Waals surface area contributed by atoms with E-state index in [0.29, 0.717) is 0 Å². The Hall–Kier alpha value is -0.730. The second-order valence-corrected chi connectivity index (χ2v) is 4.44. The van der Waals surface area contributed by atoms with E-state index in [2.05, 4.69) is 5.32 Å². The van der Waals surface area contributed by atoms with Crippen molar-refractivity contribution < 1.29 is 4.79 Å². The van der Waals surface area contributed by atoms with Gasteiger partial charge in [0.15, 0.2) is 0 Å². The van der Waals surface area contributed by atoms with Gasteiger partial charge in [-0.2, -0.15) is 0 Å². The molecule has 1 heterocycles. The summed E-state index contributed by atoms with van der Waals surface area (Å²) in [4.78, 5) is 13.5. The maximum Gasteiger partial charge on any atom is 0.338 e. The summed E-state index contributed by atoms with van der Waals surface area (Å²) in [7, 11) is 0. The van der Waals surface area contributed by atoms with Crippen molar-refractivity contribution in [3.8, 4) is 0 Å². The van der Waals surface area contributed by atoms with Crippen LogP contribution in [-0.2, 0) is 0 Å². The Kier molecular flexibility index (Phi) is 3.27. The van der Waals surface area contributed by atoms with E-state index < -0.39 is 0 Å². The fourth-order valence-electron chi connectivity index (χ4n) is 1.93. The quantitative estimate of drug-likeness (QED) is 0.678. The molecule has 2 amide bonds. The minimum Gasteiger partial charge on any atom is -0.323 e. The smallest absolute Gasteiger partial charge is 0.323 e. The summed E-state index contributed by atoms with van der Waals surface area (Å²) in [6, 6.07) is 0.0327. The van der Waals surface area contributed by atoms with Gasteiger partial charge in [-0.3, -0.25) is 0 Å². The Balaban J connectivity index is 1.60. The van der Waals surface area contributed by atoms with Gasteiger partial charge in [-0.25, -0.2) is 10.1 Å². The third-order valence-electron chi connectivity index (χ3n) is 3.11. The topological polar surface area (TPSA) is 34.4 Å². The molecule has 0 aromatic heterocycles. The first kappa shape index (κ1) is 9.81. The van der Waals surface area contributed by atoms with Gasteiger partial charge in [0, 0.05) is 19.6 Å². The molecular formula is C11H19N2O. The maximum absolute atomic E-state index is 11.6. The molecule has 2 rings (SSSR count). The van der Waals surface area contributed by atoms with Gasteiger partial charge in [-0.1, -0.05) is 12.8 Å². The van der Waals surface area contributed by atoms with Gasteiger partial charge in [0.2, 0.25) is 0 Å². The standard InChI is InChI=1S/C11H19N2O/c14-11(12-7-6-10-4-5-10)13-8-2-1-3-9-13/h10H,1-9H2. The predicted octanol–water partition coefficient (Wildman–Crippen LogP) is 2.00. The average molecular weight is 195 g/mol. The van der Waals surface area contributed by atoms with Crippen molar-refractivity contribution in [2.24, 2.45) is 5.92 Å². The number of carbonyl (C=O) groups excluding carboxylic acids is 1. The van der Waals surface area contributed by atoms with E-state index in [0.717, 1.165) is 44.8 Å². The third-order valence-corrected chi connectivity index (χ3v) is 3.11. The number of amides is 2. The molecule has 0 atom stereocenters. The van der Waals surface area contributed by atoms with E-state index in [1.165, 1.54) is 19.3 Å². The lowest BCUT2D eigenvalue weighted by molar-refractivity contribution is 0.185. The van der Waals surface area contributed by atoms with Crippen LogP contribution in [0.3, 0.4) is 0 Å². The van der Waals surface area contributed by atoms with Crippen LogP contribution in [0.15, 0.2) is 0 Å². The molecular weight excluding hydrogens is 176 g/mol. The largest absolute Gasteiger partial charge is 0.338 e. The highest BCUT2D eigenvalue weighted by atomic mass is 16.2. The number of urea groups is 1. The van der Waals surface area contributed by atoms with E-state index in [-0.39, 0.29) is 6.03 Å². The van der Waals surface area contributed by atoms with Gasteiger partial charge >= 0.3 is 6.03 Å². The van der Waals surface area contributed by atoms with Gasteiger partial charge in [-0.05, 0) is 31.6 Å². The predicted molar refractivity (Wildman–Crippen MR) is 55.2 cm³/mol. The number of nitrogens with zero attached hydrogens (tertiary/aromatic N) is 2. The van der Waals surface area contributed by atoms with E-state index in [4.69, 9.17) is 0 Å². The van der Waals surface area contributed by atoms with Crippen LogP contribution in [0.4, 0.5) is 4.79 Å². The first-order chi connectivity index (χ1) is 6.86. The minimum atomic E-state index is 0.0327. The molecule has 1 radical (unpaired) electrons. The monoisotopic (exact) mass is 195 g/mol. The maximum atomic E-state index is 11.6. The number of hydrogen-bond acceptors (Lipinski definition) is 1. The molecule has 0 aromatic rings. The zero-order chi connectivity index (χ0) is 9.80. The SMILES string of the molecule is O=C([N]CCC1CC1)N1CCCCC1. The van der Waals surface area contributed by atoms with E-state index in [1.54, 1.807) is 0 Å².